The van der Waals surface area contributed by atoms with Crippen molar-refractivity contribution in [2.45, 2.75) is 92.9 Å². The Labute approximate surface area is 130 Å². The minimum Gasteiger partial charge on any atom is -0.425 e. The Morgan fingerprint density at radius 2 is 1.62 bits per heavy atom. The van der Waals surface area contributed by atoms with E-state index in [9.17, 15) is 0 Å². The second kappa shape index (κ2) is 7.42. The van der Waals surface area contributed by atoms with E-state index in [4.69, 9.17) is 4.42 Å². The van der Waals surface area contributed by atoms with Gasteiger partial charge in [-0.15, -0.1) is 10.2 Å². The number of rotatable bonds is 7. The summed E-state index contributed by atoms with van der Waals surface area (Å²) in [4.78, 5) is 0. The van der Waals surface area contributed by atoms with E-state index in [1.807, 2.05) is 0 Å². The Hall–Kier alpha value is -0.860. The zero-order valence-electron chi connectivity index (χ0n) is 15.1. The number of nitrogens with zero attached hydrogens (tertiary/aromatic N) is 2. The molecule has 3 nitrogen and oxygen atoms in total. The van der Waals surface area contributed by atoms with E-state index in [0.717, 1.165) is 31.0 Å². The molecule has 1 aromatic rings. The van der Waals surface area contributed by atoms with Crippen molar-refractivity contribution in [3.05, 3.63) is 11.8 Å². The molecule has 3 heteroatoms. The summed E-state index contributed by atoms with van der Waals surface area (Å²) in [5.74, 6) is 2.05. The molecule has 0 saturated carbocycles. The molecule has 0 amide bonds. The van der Waals surface area contributed by atoms with E-state index in [0.29, 0.717) is 11.3 Å². The average molecular weight is 294 g/mol. The molecule has 0 bridgehead atoms. The molecular weight excluding hydrogens is 260 g/mol. The molecular formula is C18H34N2O. The van der Waals surface area contributed by atoms with Crippen LogP contribution in [0.4, 0.5) is 0 Å². The van der Waals surface area contributed by atoms with Gasteiger partial charge in [-0.2, -0.15) is 0 Å². The van der Waals surface area contributed by atoms with Gasteiger partial charge in [-0.3, -0.25) is 0 Å². The summed E-state index contributed by atoms with van der Waals surface area (Å²) in [6.07, 6.45) is 6.88. The average Bonchev–Trinajstić information content (AvgIpc) is 2.73. The van der Waals surface area contributed by atoms with Crippen molar-refractivity contribution in [3.8, 4) is 0 Å². The highest BCUT2D eigenvalue weighted by Crippen LogP contribution is 2.28. The Balaban J connectivity index is 2.49. The molecule has 122 valence electrons. The third-order valence-corrected chi connectivity index (χ3v) is 3.74. The number of hydrogen-bond donors (Lipinski definition) is 0. The first-order valence-corrected chi connectivity index (χ1v) is 8.43. The van der Waals surface area contributed by atoms with Crippen LogP contribution in [0.25, 0.3) is 0 Å². The molecule has 0 aliphatic carbocycles. The van der Waals surface area contributed by atoms with Crippen molar-refractivity contribution in [3.63, 3.8) is 0 Å². The molecule has 0 spiro atoms. The van der Waals surface area contributed by atoms with Crippen LogP contribution in [0.5, 0.6) is 0 Å². The molecule has 1 atom stereocenters. The fourth-order valence-corrected chi connectivity index (χ4v) is 2.50. The molecule has 0 N–H and O–H groups in total. The van der Waals surface area contributed by atoms with Crippen molar-refractivity contribution in [2.75, 3.05) is 0 Å². The summed E-state index contributed by atoms with van der Waals surface area (Å²) in [6, 6.07) is 0. The maximum atomic E-state index is 5.89. The second-order valence-corrected chi connectivity index (χ2v) is 8.68. The predicted octanol–water partition coefficient (Wildman–Crippen LogP) is 5.76. The van der Waals surface area contributed by atoms with Crippen molar-refractivity contribution in [1.29, 1.82) is 0 Å². The van der Waals surface area contributed by atoms with Gasteiger partial charge >= 0.3 is 0 Å². The Morgan fingerprint density at radius 3 is 2.14 bits per heavy atom. The maximum absolute atomic E-state index is 5.89. The molecule has 0 aliphatic heterocycles. The molecule has 0 aromatic carbocycles. The lowest BCUT2D eigenvalue weighted by Crippen LogP contribution is -2.09. The molecule has 21 heavy (non-hydrogen) atoms. The van der Waals surface area contributed by atoms with E-state index in [1.54, 1.807) is 0 Å². The first-order chi connectivity index (χ1) is 9.61. The van der Waals surface area contributed by atoms with Crippen LogP contribution in [0.3, 0.4) is 0 Å². The van der Waals surface area contributed by atoms with Crippen molar-refractivity contribution in [2.24, 2.45) is 10.8 Å². The van der Waals surface area contributed by atoms with Gasteiger partial charge in [0.15, 0.2) is 0 Å². The molecule has 1 unspecified atom stereocenters. The summed E-state index contributed by atoms with van der Waals surface area (Å²) in [5, 5.41) is 8.50. The highest BCUT2D eigenvalue weighted by Gasteiger charge is 2.20. The van der Waals surface area contributed by atoms with Crippen LogP contribution >= 0.6 is 0 Å². The minimum atomic E-state index is 0.193. The van der Waals surface area contributed by atoms with Gasteiger partial charge in [-0.25, -0.2) is 0 Å². The largest absolute Gasteiger partial charge is 0.425 e. The van der Waals surface area contributed by atoms with Gasteiger partial charge in [-0.05, 0) is 30.1 Å². The van der Waals surface area contributed by atoms with Gasteiger partial charge in [0.25, 0.3) is 0 Å². The quantitative estimate of drug-likeness (QED) is 0.600. The standard InChI is InChI=1S/C18H34N2O/c1-8-14(11-9-10-12-17(2,3)4)16-20-19-15(21-16)13-18(5,6)7/h14H,8-13H2,1-7H3. The molecule has 1 heterocycles. The van der Waals surface area contributed by atoms with Crippen LogP contribution in [0, 0.1) is 10.8 Å². The minimum absolute atomic E-state index is 0.193. The van der Waals surface area contributed by atoms with Gasteiger partial charge < -0.3 is 4.42 Å². The van der Waals surface area contributed by atoms with Crippen LogP contribution < -0.4 is 0 Å². The fraction of sp³-hybridized carbons (Fsp3) is 0.889. The Kier molecular flexibility index (Phi) is 6.42. The fourth-order valence-electron chi connectivity index (χ4n) is 2.50. The van der Waals surface area contributed by atoms with E-state index in [-0.39, 0.29) is 5.41 Å². The predicted molar refractivity (Wildman–Crippen MR) is 88.4 cm³/mol. The van der Waals surface area contributed by atoms with E-state index >= 15 is 0 Å². The number of unbranched alkanes of at least 4 members (excludes halogenated alkanes) is 1. The van der Waals surface area contributed by atoms with Gasteiger partial charge in [0.1, 0.15) is 0 Å². The lowest BCUT2D eigenvalue weighted by Gasteiger charge is -2.18. The van der Waals surface area contributed by atoms with E-state index < -0.39 is 0 Å². The topological polar surface area (TPSA) is 38.9 Å². The van der Waals surface area contributed by atoms with Crippen LogP contribution in [-0.2, 0) is 6.42 Å². The summed E-state index contributed by atoms with van der Waals surface area (Å²) in [7, 11) is 0. The molecule has 0 radical (unpaired) electrons. The molecule has 0 saturated heterocycles. The molecule has 0 fully saturated rings. The zero-order chi connectivity index (χ0) is 16.1. The Morgan fingerprint density at radius 1 is 0.952 bits per heavy atom. The number of hydrogen-bond acceptors (Lipinski definition) is 3. The van der Waals surface area contributed by atoms with Crippen molar-refractivity contribution >= 4 is 0 Å². The lowest BCUT2D eigenvalue weighted by molar-refractivity contribution is 0.325. The summed E-state index contributed by atoms with van der Waals surface area (Å²) in [5.41, 5.74) is 0.629. The summed E-state index contributed by atoms with van der Waals surface area (Å²) < 4.78 is 5.89. The van der Waals surface area contributed by atoms with Crippen LogP contribution in [0.15, 0.2) is 4.42 Å². The van der Waals surface area contributed by atoms with Crippen LogP contribution in [-0.4, -0.2) is 10.2 Å². The van der Waals surface area contributed by atoms with Gasteiger partial charge in [0.05, 0.1) is 0 Å². The first kappa shape index (κ1) is 18.2. The zero-order valence-corrected chi connectivity index (χ0v) is 15.1. The number of aromatic nitrogens is 2. The lowest BCUT2D eigenvalue weighted by atomic mass is 9.88. The maximum Gasteiger partial charge on any atom is 0.219 e. The van der Waals surface area contributed by atoms with Gasteiger partial charge in [-0.1, -0.05) is 61.3 Å². The summed E-state index contributed by atoms with van der Waals surface area (Å²) in [6.45, 7) is 15.7. The molecule has 1 aromatic heterocycles. The third kappa shape index (κ3) is 7.63. The van der Waals surface area contributed by atoms with Crippen LogP contribution in [0.2, 0.25) is 0 Å². The first-order valence-electron chi connectivity index (χ1n) is 8.43. The van der Waals surface area contributed by atoms with E-state index in [2.05, 4.69) is 58.7 Å². The molecule has 1 rings (SSSR count). The van der Waals surface area contributed by atoms with Crippen molar-refractivity contribution < 1.29 is 4.42 Å². The SMILES string of the molecule is CCC(CCCCC(C)(C)C)c1nnc(CC(C)(C)C)o1. The smallest absolute Gasteiger partial charge is 0.219 e. The molecule has 0 aliphatic rings. The summed E-state index contributed by atoms with van der Waals surface area (Å²) >= 11 is 0. The highest BCUT2D eigenvalue weighted by molar-refractivity contribution is 4.92. The van der Waals surface area contributed by atoms with Gasteiger partial charge in [0.2, 0.25) is 11.8 Å². The normalized spacial score (nSPS) is 14.4. The van der Waals surface area contributed by atoms with Crippen LogP contribution in [0.1, 0.15) is 98.3 Å². The Bertz CT molecular complexity index is 410. The van der Waals surface area contributed by atoms with E-state index in [1.165, 1.54) is 19.3 Å². The van der Waals surface area contributed by atoms with Crippen molar-refractivity contribution in [1.82, 2.24) is 10.2 Å². The third-order valence-electron chi connectivity index (χ3n) is 3.74. The monoisotopic (exact) mass is 294 g/mol. The second-order valence-electron chi connectivity index (χ2n) is 8.68. The highest BCUT2D eigenvalue weighted by atomic mass is 16.4. The van der Waals surface area contributed by atoms with Gasteiger partial charge in [0, 0.05) is 12.3 Å².